The first kappa shape index (κ1) is 30.4. The molecular formula is C29H36F3N5O4. The molecular weight excluding hydrogens is 539 g/mol. The maximum atomic E-state index is 14.0. The normalized spacial score (nSPS) is 28.0. The molecule has 0 aliphatic carbocycles. The molecule has 41 heavy (non-hydrogen) atoms. The lowest BCUT2D eigenvalue weighted by molar-refractivity contribution is -0.160. The predicted molar refractivity (Wildman–Crippen MR) is 147 cm³/mol. The maximum absolute atomic E-state index is 14.0. The van der Waals surface area contributed by atoms with Crippen LogP contribution in [0.3, 0.4) is 0 Å². The molecule has 3 N–H and O–H groups in total. The van der Waals surface area contributed by atoms with Crippen molar-refractivity contribution in [3.8, 4) is 0 Å². The number of cyclic esters (lactones) is 1. The van der Waals surface area contributed by atoms with E-state index in [9.17, 15) is 27.6 Å². The van der Waals surface area contributed by atoms with Crippen LogP contribution < -0.4 is 16.1 Å². The average molecular weight is 576 g/mol. The van der Waals surface area contributed by atoms with Crippen LogP contribution in [0.5, 0.6) is 0 Å². The quantitative estimate of drug-likeness (QED) is 0.444. The number of hydrogen-bond donors (Lipinski definition) is 3. The largest absolute Gasteiger partial charge is 0.455 e. The van der Waals surface area contributed by atoms with E-state index in [0.29, 0.717) is 36.2 Å². The van der Waals surface area contributed by atoms with Crippen LogP contribution in [-0.4, -0.2) is 64.7 Å². The zero-order valence-corrected chi connectivity index (χ0v) is 23.5. The van der Waals surface area contributed by atoms with Crippen molar-refractivity contribution in [2.75, 3.05) is 6.54 Å². The van der Waals surface area contributed by atoms with E-state index in [2.05, 4.69) is 21.0 Å². The molecule has 0 spiro atoms. The van der Waals surface area contributed by atoms with Gasteiger partial charge in [-0.25, -0.2) is 10.4 Å². The molecule has 2 aliphatic heterocycles. The molecule has 12 heteroatoms. The number of rotatable bonds is 1. The van der Waals surface area contributed by atoms with Gasteiger partial charge >= 0.3 is 12.1 Å². The van der Waals surface area contributed by atoms with Gasteiger partial charge in [0.25, 0.3) is 5.91 Å². The SMILES string of the molecule is CC(C)[C@@H]1N[C@@H](C(F)(F)F)C/C=C/c2ccc3ccc(nc3c2)[C@@H](C)OC(=O)[C@@H]2CCCN(N2)C(=O)[C@H](C)NC1=O. The van der Waals surface area contributed by atoms with E-state index in [1.807, 2.05) is 12.1 Å². The Morgan fingerprint density at radius 1 is 1.10 bits per heavy atom. The number of carbonyl (C=O) groups excluding carboxylic acids is 3. The molecule has 3 heterocycles. The third-order valence-corrected chi connectivity index (χ3v) is 7.32. The van der Waals surface area contributed by atoms with Gasteiger partial charge in [0, 0.05) is 11.9 Å². The first-order valence-electron chi connectivity index (χ1n) is 13.8. The van der Waals surface area contributed by atoms with Gasteiger partial charge in [-0.2, -0.15) is 13.2 Å². The second kappa shape index (κ2) is 12.6. The van der Waals surface area contributed by atoms with Gasteiger partial charge < -0.3 is 10.1 Å². The minimum atomic E-state index is -4.62. The van der Waals surface area contributed by atoms with Crippen LogP contribution in [0.15, 0.2) is 36.4 Å². The fraction of sp³-hybridized carbons (Fsp3) is 0.517. The Morgan fingerprint density at radius 2 is 1.83 bits per heavy atom. The Morgan fingerprint density at radius 3 is 2.54 bits per heavy atom. The highest BCUT2D eigenvalue weighted by molar-refractivity contribution is 5.90. The van der Waals surface area contributed by atoms with Gasteiger partial charge in [-0.15, -0.1) is 0 Å². The van der Waals surface area contributed by atoms with Gasteiger partial charge in [-0.05, 0) is 56.7 Å². The molecule has 1 aromatic carbocycles. The number of carbonyl (C=O) groups is 3. The molecule has 2 aliphatic rings. The molecule has 5 atom stereocenters. The summed E-state index contributed by atoms with van der Waals surface area (Å²) in [7, 11) is 0. The molecule has 5 bridgehead atoms. The van der Waals surface area contributed by atoms with Crippen molar-refractivity contribution >= 4 is 34.8 Å². The second-order valence-electron chi connectivity index (χ2n) is 10.9. The van der Waals surface area contributed by atoms with E-state index >= 15 is 0 Å². The summed E-state index contributed by atoms with van der Waals surface area (Å²) in [6.45, 7) is 6.71. The summed E-state index contributed by atoms with van der Waals surface area (Å²) in [4.78, 5) is 43.9. The Labute approximate surface area is 236 Å². The molecule has 0 unspecified atom stereocenters. The Kier molecular flexibility index (Phi) is 9.33. The third-order valence-electron chi connectivity index (χ3n) is 7.32. The monoisotopic (exact) mass is 575 g/mol. The minimum Gasteiger partial charge on any atom is -0.455 e. The second-order valence-corrected chi connectivity index (χ2v) is 10.9. The van der Waals surface area contributed by atoms with Crippen LogP contribution in [0.4, 0.5) is 13.2 Å². The number of amides is 2. The fourth-order valence-electron chi connectivity index (χ4n) is 4.93. The smallest absolute Gasteiger partial charge is 0.404 e. The van der Waals surface area contributed by atoms with E-state index in [1.54, 1.807) is 45.0 Å². The number of halogens is 3. The Balaban J connectivity index is 1.69. The molecule has 1 saturated heterocycles. The van der Waals surface area contributed by atoms with Crippen molar-refractivity contribution in [1.29, 1.82) is 0 Å². The lowest BCUT2D eigenvalue weighted by Gasteiger charge is -2.35. The van der Waals surface area contributed by atoms with Crippen molar-refractivity contribution in [2.24, 2.45) is 5.92 Å². The van der Waals surface area contributed by atoms with Crippen LogP contribution >= 0.6 is 0 Å². The summed E-state index contributed by atoms with van der Waals surface area (Å²) in [5.74, 6) is -2.28. The zero-order valence-electron chi connectivity index (χ0n) is 23.5. The van der Waals surface area contributed by atoms with Crippen LogP contribution in [0.25, 0.3) is 17.0 Å². The molecule has 0 radical (unpaired) electrons. The van der Waals surface area contributed by atoms with Gasteiger partial charge in [-0.1, -0.05) is 44.2 Å². The number of fused-ring (bicyclic) bond motifs is 4. The summed E-state index contributed by atoms with van der Waals surface area (Å²) in [5.41, 5.74) is 4.65. The van der Waals surface area contributed by atoms with E-state index < -0.39 is 66.6 Å². The van der Waals surface area contributed by atoms with Gasteiger partial charge in [0.1, 0.15) is 24.2 Å². The molecule has 1 fully saturated rings. The summed E-state index contributed by atoms with van der Waals surface area (Å²) < 4.78 is 47.8. The predicted octanol–water partition coefficient (Wildman–Crippen LogP) is 3.80. The van der Waals surface area contributed by atoms with Gasteiger partial charge in [0.2, 0.25) is 5.91 Å². The van der Waals surface area contributed by atoms with Crippen LogP contribution in [-0.2, 0) is 19.1 Å². The van der Waals surface area contributed by atoms with E-state index in [1.165, 1.54) is 18.0 Å². The first-order chi connectivity index (χ1) is 19.3. The highest BCUT2D eigenvalue weighted by Gasteiger charge is 2.42. The molecule has 222 valence electrons. The van der Waals surface area contributed by atoms with Crippen molar-refractivity contribution in [3.05, 3.63) is 47.7 Å². The lowest BCUT2D eigenvalue weighted by Crippen LogP contribution is -2.61. The number of esters is 1. The fourth-order valence-corrected chi connectivity index (χ4v) is 4.93. The Hall–Kier alpha value is -3.51. The van der Waals surface area contributed by atoms with E-state index in [-0.39, 0.29) is 0 Å². The zero-order chi connectivity index (χ0) is 29.9. The highest BCUT2D eigenvalue weighted by atomic mass is 19.4. The van der Waals surface area contributed by atoms with E-state index in [4.69, 9.17) is 4.74 Å². The molecule has 4 rings (SSSR count). The van der Waals surface area contributed by atoms with Crippen LogP contribution in [0, 0.1) is 5.92 Å². The number of ether oxygens (including phenoxy) is 1. The molecule has 2 aromatic rings. The molecule has 1 aromatic heterocycles. The third kappa shape index (κ3) is 7.42. The van der Waals surface area contributed by atoms with Gasteiger partial charge in [0.05, 0.1) is 17.3 Å². The number of alkyl halides is 3. The van der Waals surface area contributed by atoms with Crippen molar-refractivity contribution in [1.82, 2.24) is 26.1 Å². The average Bonchev–Trinajstić information content (AvgIpc) is 2.92. The number of hydrazine groups is 1. The standard InChI is InChI=1S/C29H36F3N5O4/c1-16(2)25-26(38)33-17(3)27(39)37-14-6-8-22(36-37)28(40)41-18(4)21-13-12-20-11-10-19(15-23(20)34-21)7-5-9-24(35-25)29(30,31)32/h5,7,10-13,15-18,22,24-25,35-36H,6,8-9,14H2,1-4H3,(H,33,38)/b7-5+/t17-,18+,22-,24+,25-/m0/s1. The topological polar surface area (TPSA) is 113 Å². The van der Waals surface area contributed by atoms with Crippen molar-refractivity contribution in [3.63, 3.8) is 0 Å². The number of nitrogens with one attached hydrogen (secondary N) is 3. The number of hydrogen-bond acceptors (Lipinski definition) is 7. The van der Waals surface area contributed by atoms with Crippen molar-refractivity contribution < 1.29 is 32.3 Å². The van der Waals surface area contributed by atoms with Gasteiger partial charge in [-0.3, -0.25) is 24.7 Å². The van der Waals surface area contributed by atoms with Crippen molar-refractivity contribution in [2.45, 2.75) is 83.4 Å². The van der Waals surface area contributed by atoms with E-state index in [0.717, 1.165) is 5.39 Å². The molecule has 0 saturated carbocycles. The highest BCUT2D eigenvalue weighted by Crippen LogP contribution is 2.26. The molecule has 2 amide bonds. The van der Waals surface area contributed by atoms with Crippen LogP contribution in [0.1, 0.15) is 64.3 Å². The summed E-state index contributed by atoms with van der Waals surface area (Å²) >= 11 is 0. The van der Waals surface area contributed by atoms with Crippen LogP contribution in [0.2, 0.25) is 0 Å². The number of pyridine rings is 1. The number of benzene rings is 1. The summed E-state index contributed by atoms with van der Waals surface area (Å²) in [6.07, 6.45) is -1.78. The molecule has 9 nitrogen and oxygen atoms in total. The van der Waals surface area contributed by atoms with Gasteiger partial charge in [0.15, 0.2) is 0 Å². The summed E-state index contributed by atoms with van der Waals surface area (Å²) in [6, 6.07) is 3.90. The lowest BCUT2D eigenvalue weighted by atomic mass is 10.0. The summed E-state index contributed by atoms with van der Waals surface area (Å²) in [5, 5.41) is 7.10. The first-order valence-corrected chi connectivity index (χ1v) is 13.8. The number of aromatic nitrogens is 1. The maximum Gasteiger partial charge on any atom is 0.404 e. The Bertz CT molecular complexity index is 1320. The minimum absolute atomic E-state index is 0.293. The number of nitrogens with zero attached hydrogens (tertiary/aromatic N) is 2.